The molecule has 1 N–H and O–H groups in total. The summed E-state index contributed by atoms with van der Waals surface area (Å²) in [6.45, 7) is 2.67. The molecule has 0 bridgehead atoms. The van der Waals surface area contributed by atoms with Gasteiger partial charge < -0.3 is 10.1 Å². The molecule has 0 aromatic carbocycles. The Bertz CT molecular complexity index is 187. The molecule has 0 aromatic rings. The van der Waals surface area contributed by atoms with Crippen molar-refractivity contribution in [2.75, 3.05) is 19.7 Å². The first-order chi connectivity index (χ1) is 6.36. The highest BCUT2D eigenvalue weighted by atomic mass is 16.5. The predicted octanol–water partition coefficient (Wildman–Crippen LogP) is 0.734. The van der Waals surface area contributed by atoms with E-state index < -0.39 is 0 Å². The molecule has 0 spiro atoms. The Hall–Kier alpha value is -0.410. The van der Waals surface area contributed by atoms with Gasteiger partial charge in [-0.25, -0.2) is 0 Å². The minimum Gasteiger partial charge on any atom is -0.376 e. The van der Waals surface area contributed by atoms with Crippen LogP contribution in [0.15, 0.2) is 0 Å². The molecule has 2 unspecified atom stereocenters. The molecule has 0 aromatic heterocycles. The van der Waals surface area contributed by atoms with E-state index in [1.807, 2.05) is 0 Å². The zero-order valence-electron chi connectivity index (χ0n) is 7.92. The van der Waals surface area contributed by atoms with E-state index in [0.29, 0.717) is 11.7 Å². The number of morpholine rings is 1. The SMILES string of the molecule is O=C1CCCC1CC1CNCCO1. The maximum absolute atomic E-state index is 11.4. The maximum atomic E-state index is 11.4. The third kappa shape index (κ3) is 2.29. The molecule has 0 amide bonds. The van der Waals surface area contributed by atoms with E-state index >= 15 is 0 Å². The smallest absolute Gasteiger partial charge is 0.136 e. The van der Waals surface area contributed by atoms with Crippen molar-refractivity contribution in [2.24, 2.45) is 5.92 Å². The van der Waals surface area contributed by atoms with E-state index in [1.54, 1.807) is 0 Å². The molecule has 2 fully saturated rings. The van der Waals surface area contributed by atoms with Crippen LogP contribution in [0.5, 0.6) is 0 Å². The number of ether oxygens (including phenoxy) is 1. The highest BCUT2D eigenvalue weighted by Crippen LogP contribution is 2.26. The molecule has 1 aliphatic carbocycles. The first-order valence-electron chi connectivity index (χ1n) is 5.21. The van der Waals surface area contributed by atoms with Crippen molar-refractivity contribution in [1.82, 2.24) is 5.32 Å². The molecule has 0 radical (unpaired) electrons. The van der Waals surface area contributed by atoms with E-state index in [9.17, 15) is 4.79 Å². The second kappa shape index (κ2) is 4.20. The van der Waals surface area contributed by atoms with E-state index in [1.165, 1.54) is 0 Å². The molecule has 1 heterocycles. The summed E-state index contributed by atoms with van der Waals surface area (Å²) in [4.78, 5) is 11.4. The van der Waals surface area contributed by atoms with Gasteiger partial charge in [0.15, 0.2) is 0 Å². The van der Waals surface area contributed by atoms with Crippen LogP contribution < -0.4 is 5.32 Å². The summed E-state index contributed by atoms with van der Waals surface area (Å²) in [5.74, 6) is 0.749. The molecule has 13 heavy (non-hydrogen) atoms. The number of ketones is 1. The van der Waals surface area contributed by atoms with Gasteiger partial charge in [-0.15, -0.1) is 0 Å². The lowest BCUT2D eigenvalue weighted by Gasteiger charge is -2.25. The molecule has 2 rings (SSSR count). The normalized spacial score (nSPS) is 35.2. The van der Waals surface area contributed by atoms with Crippen molar-refractivity contribution < 1.29 is 9.53 Å². The van der Waals surface area contributed by atoms with Crippen molar-refractivity contribution in [3.8, 4) is 0 Å². The Morgan fingerprint density at radius 2 is 2.46 bits per heavy atom. The number of hydrogen-bond acceptors (Lipinski definition) is 3. The average molecular weight is 183 g/mol. The monoisotopic (exact) mass is 183 g/mol. The lowest BCUT2D eigenvalue weighted by atomic mass is 9.98. The Balaban J connectivity index is 1.79. The Morgan fingerprint density at radius 3 is 3.08 bits per heavy atom. The van der Waals surface area contributed by atoms with Crippen LogP contribution in [-0.4, -0.2) is 31.6 Å². The van der Waals surface area contributed by atoms with Gasteiger partial charge in [0.05, 0.1) is 12.7 Å². The Kier molecular flexibility index (Phi) is 2.96. The van der Waals surface area contributed by atoms with Crippen molar-refractivity contribution in [2.45, 2.75) is 31.8 Å². The highest BCUT2D eigenvalue weighted by molar-refractivity contribution is 5.82. The summed E-state index contributed by atoms with van der Waals surface area (Å²) < 4.78 is 5.57. The van der Waals surface area contributed by atoms with E-state index in [-0.39, 0.29) is 6.10 Å². The third-order valence-electron chi connectivity index (χ3n) is 2.98. The molecule has 2 aliphatic rings. The van der Waals surface area contributed by atoms with Crippen molar-refractivity contribution in [3.05, 3.63) is 0 Å². The zero-order chi connectivity index (χ0) is 9.10. The fourth-order valence-electron chi connectivity index (χ4n) is 2.23. The first-order valence-corrected chi connectivity index (χ1v) is 5.21. The quantitative estimate of drug-likeness (QED) is 0.686. The topological polar surface area (TPSA) is 38.3 Å². The summed E-state index contributed by atoms with van der Waals surface area (Å²) in [5.41, 5.74) is 0. The van der Waals surface area contributed by atoms with E-state index in [4.69, 9.17) is 4.74 Å². The van der Waals surface area contributed by atoms with Crippen LogP contribution in [-0.2, 0) is 9.53 Å². The van der Waals surface area contributed by atoms with Crippen LogP contribution in [0.3, 0.4) is 0 Å². The van der Waals surface area contributed by atoms with Crippen LogP contribution in [0.2, 0.25) is 0 Å². The summed E-state index contributed by atoms with van der Waals surface area (Å²) in [6.07, 6.45) is 4.18. The van der Waals surface area contributed by atoms with Gasteiger partial charge in [-0.05, 0) is 19.3 Å². The fraction of sp³-hybridized carbons (Fsp3) is 0.900. The number of hydrogen-bond donors (Lipinski definition) is 1. The minimum atomic E-state index is 0.279. The zero-order valence-corrected chi connectivity index (χ0v) is 7.92. The number of rotatable bonds is 2. The summed E-state index contributed by atoms with van der Waals surface area (Å²) >= 11 is 0. The molecule has 1 aliphatic heterocycles. The number of carbonyl (C=O) groups excluding carboxylic acids is 1. The van der Waals surface area contributed by atoms with Gasteiger partial charge >= 0.3 is 0 Å². The summed E-state index contributed by atoms with van der Waals surface area (Å²) in [5, 5.41) is 3.29. The van der Waals surface area contributed by atoms with Gasteiger partial charge in [-0.1, -0.05) is 0 Å². The molecule has 74 valence electrons. The summed E-state index contributed by atoms with van der Waals surface area (Å²) in [6, 6.07) is 0. The molecule has 1 saturated heterocycles. The van der Waals surface area contributed by atoms with Crippen LogP contribution in [0.25, 0.3) is 0 Å². The third-order valence-corrected chi connectivity index (χ3v) is 2.98. The van der Waals surface area contributed by atoms with Crippen LogP contribution >= 0.6 is 0 Å². The second-order valence-corrected chi connectivity index (χ2v) is 3.99. The van der Waals surface area contributed by atoms with Gasteiger partial charge in [-0.3, -0.25) is 4.79 Å². The first kappa shape index (κ1) is 9.16. The molecule has 3 heteroatoms. The summed E-state index contributed by atoms with van der Waals surface area (Å²) in [7, 11) is 0. The Morgan fingerprint density at radius 1 is 1.54 bits per heavy atom. The number of Topliss-reactive ketones (excluding diaryl/α,β-unsaturated/α-hetero) is 1. The lowest BCUT2D eigenvalue weighted by Crippen LogP contribution is -2.39. The largest absolute Gasteiger partial charge is 0.376 e. The van der Waals surface area contributed by atoms with E-state index in [2.05, 4.69) is 5.32 Å². The van der Waals surface area contributed by atoms with Gasteiger partial charge in [0.1, 0.15) is 5.78 Å². The van der Waals surface area contributed by atoms with Crippen LogP contribution in [0.4, 0.5) is 0 Å². The molecular weight excluding hydrogens is 166 g/mol. The Labute approximate surface area is 78.8 Å². The van der Waals surface area contributed by atoms with Crippen molar-refractivity contribution in [1.29, 1.82) is 0 Å². The fourth-order valence-corrected chi connectivity index (χ4v) is 2.23. The standard InChI is InChI=1S/C10H17NO2/c12-10-3-1-2-8(10)6-9-7-11-4-5-13-9/h8-9,11H,1-7H2. The van der Waals surface area contributed by atoms with Crippen LogP contribution in [0.1, 0.15) is 25.7 Å². The van der Waals surface area contributed by atoms with Gasteiger partial charge in [0, 0.05) is 25.4 Å². The van der Waals surface area contributed by atoms with Crippen molar-refractivity contribution >= 4 is 5.78 Å². The second-order valence-electron chi connectivity index (χ2n) is 3.99. The van der Waals surface area contributed by atoms with Gasteiger partial charge in [-0.2, -0.15) is 0 Å². The molecular formula is C10H17NO2. The van der Waals surface area contributed by atoms with Crippen molar-refractivity contribution in [3.63, 3.8) is 0 Å². The van der Waals surface area contributed by atoms with Gasteiger partial charge in [0.25, 0.3) is 0 Å². The number of carbonyl (C=O) groups is 1. The predicted molar refractivity (Wildman–Crippen MR) is 49.6 cm³/mol. The minimum absolute atomic E-state index is 0.279. The molecule has 2 atom stereocenters. The average Bonchev–Trinajstić information content (AvgIpc) is 2.54. The number of nitrogens with one attached hydrogen (secondary N) is 1. The molecule has 3 nitrogen and oxygen atoms in total. The maximum Gasteiger partial charge on any atom is 0.136 e. The van der Waals surface area contributed by atoms with E-state index in [0.717, 1.165) is 45.4 Å². The highest BCUT2D eigenvalue weighted by Gasteiger charge is 2.28. The molecule has 1 saturated carbocycles. The lowest BCUT2D eigenvalue weighted by molar-refractivity contribution is -0.122. The van der Waals surface area contributed by atoms with Gasteiger partial charge in [0.2, 0.25) is 0 Å². The van der Waals surface area contributed by atoms with Crippen LogP contribution in [0, 0.1) is 5.92 Å².